The number of amides is 1. The first-order valence-electron chi connectivity index (χ1n) is 38.6. The van der Waals surface area contributed by atoms with Gasteiger partial charge in [0.1, 0.15) is 48.8 Å². The van der Waals surface area contributed by atoms with E-state index in [0.29, 0.717) is 6.42 Å². The summed E-state index contributed by atoms with van der Waals surface area (Å²) in [4.78, 5) is 13.4. The third-order valence-corrected chi connectivity index (χ3v) is 19.1. The van der Waals surface area contributed by atoms with Crippen molar-refractivity contribution in [3.05, 3.63) is 24.3 Å². The Morgan fingerprint density at radius 2 is 0.700 bits per heavy atom. The van der Waals surface area contributed by atoms with E-state index in [1.165, 1.54) is 295 Å². The normalized spacial score (nSPS) is 23.0. The van der Waals surface area contributed by atoms with Gasteiger partial charge < -0.3 is 65.1 Å². The van der Waals surface area contributed by atoms with Crippen LogP contribution in [0.3, 0.4) is 0 Å². The highest BCUT2D eigenvalue weighted by molar-refractivity contribution is 5.76. The molecule has 0 aromatic rings. The van der Waals surface area contributed by atoms with Crippen LogP contribution in [0.25, 0.3) is 0 Å². The molecular weight excluding hydrogens is 1130 g/mol. The maximum Gasteiger partial charge on any atom is 0.220 e. The van der Waals surface area contributed by atoms with Crippen LogP contribution in [0.5, 0.6) is 0 Å². The molecule has 0 saturated carbocycles. The number of aliphatic hydroxyl groups excluding tert-OH is 8. The van der Waals surface area contributed by atoms with Crippen LogP contribution in [-0.4, -0.2) is 140 Å². The molecule has 2 fully saturated rings. The number of rotatable bonds is 65. The lowest BCUT2D eigenvalue weighted by atomic mass is 9.97. The number of carbonyl (C=O) groups excluding carboxylic acids is 1. The number of unbranched alkanes of at least 4 members (excludes halogenated alkanes) is 50. The Hall–Kier alpha value is -1.53. The predicted octanol–water partition coefficient (Wildman–Crippen LogP) is 16.7. The van der Waals surface area contributed by atoms with E-state index in [0.717, 1.165) is 38.5 Å². The summed E-state index contributed by atoms with van der Waals surface area (Å²) < 4.78 is 22.9. The molecule has 14 nitrogen and oxygen atoms in total. The molecule has 0 radical (unpaired) electrons. The first-order chi connectivity index (χ1) is 44.1. The van der Waals surface area contributed by atoms with Gasteiger partial charge in [-0.1, -0.05) is 334 Å². The van der Waals surface area contributed by atoms with E-state index in [1.54, 1.807) is 6.08 Å². The number of hydrogen-bond donors (Lipinski definition) is 9. The first-order valence-corrected chi connectivity index (χ1v) is 38.6. The molecule has 12 atom stereocenters. The Morgan fingerprint density at radius 3 is 1.06 bits per heavy atom. The number of allylic oxidation sites excluding steroid dienone is 3. The van der Waals surface area contributed by atoms with Crippen LogP contribution < -0.4 is 5.32 Å². The average Bonchev–Trinajstić information content (AvgIpc) is 1.28. The van der Waals surface area contributed by atoms with E-state index in [1.807, 2.05) is 6.08 Å². The minimum Gasteiger partial charge on any atom is -0.394 e. The Kier molecular flexibility index (Phi) is 57.4. The summed E-state index contributed by atoms with van der Waals surface area (Å²) in [6, 6.07) is -0.915. The Labute approximate surface area is 551 Å². The second kappa shape index (κ2) is 61.1. The summed E-state index contributed by atoms with van der Waals surface area (Å²) in [5, 5.41) is 87.6. The quantitative estimate of drug-likeness (QED) is 0.0204. The molecule has 0 bridgehead atoms. The Morgan fingerprint density at radius 1 is 0.389 bits per heavy atom. The SMILES string of the molecule is CCCCCCCCCC/C=C\CCCCCCCCCCCCCC(=O)NC(COC1OC(CO)C(OC2OC(CO)C(O)C(O)C2O)C(O)C1O)C(O)/C=C/CCCCCCCCCCCCCCCCCCCCCCCCCCCCCCCCC. The van der Waals surface area contributed by atoms with Crippen molar-refractivity contribution in [1.29, 1.82) is 0 Å². The first kappa shape index (κ1) is 84.6. The van der Waals surface area contributed by atoms with Crippen LogP contribution in [0.1, 0.15) is 361 Å². The summed E-state index contributed by atoms with van der Waals surface area (Å²) >= 11 is 0. The van der Waals surface area contributed by atoms with Gasteiger partial charge in [0.15, 0.2) is 12.6 Å². The molecule has 14 heteroatoms. The zero-order chi connectivity index (χ0) is 65.2. The van der Waals surface area contributed by atoms with Crippen molar-refractivity contribution in [1.82, 2.24) is 5.32 Å². The van der Waals surface area contributed by atoms with Crippen molar-refractivity contribution in [3.8, 4) is 0 Å². The third-order valence-electron chi connectivity index (χ3n) is 19.1. The van der Waals surface area contributed by atoms with Gasteiger partial charge in [-0.3, -0.25) is 4.79 Å². The molecule has 2 saturated heterocycles. The Balaban J connectivity index is 1.63. The molecule has 0 aromatic heterocycles. The van der Waals surface area contributed by atoms with Crippen molar-refractivity contribution >= 4 is 5.91 Å². The molecule has 1 amide bonds. The molecular formula is C76H145NO13. The van der Waals surface area contributed by atoms with Crippen molar-refractivity contribution < 1.29 is 64.6 Å². The van der Waals surface area contributed by atoms with E-state index < -0.39 is 86.8 Å². The largest absolute Gasteiger partial charge is 0.394 e. The monoisotopic (exact) mass is 1280 g/mol. The van der Waals surface area contributed by atoms with Crippen LogP contribution in [0.15, 0.2) is 24.3 Å². The van der Waals surface area contributed by atoms with Crippen LogP contribution in [-0.2, 0) is 23.7 Å². The molecule has 2 rings (SSSR count). The van der Waals surface area contributed by atoms with E-state index in [-0.39, 0.29) is 18.9 Å². The van der Waals surface area contributed by atoms with E-state index in [9.17, 15) is 45.6 Å². The number of ether oxygens (including phenoxy) is 4. The maximum absolute atomic E-state index is 13.4. The summed E-state index contributed by atoms with van der Waals surface area (Å²) in [6.45, 7) is 2.86. The molecule has 12 unspecified atom stereocenters. The fraction of sp³-hybridized carbons (Fsp3) is 0.934. The highest BCUT2D eigenvalue weighted by Gasteiger charge is 2.51. The second-order valence-electron chi connectivity index (χ2n) is 27.5. The average molecular weight is 1280 g/mol. The van der Waals surface area contributed by atoms with Gasteiger partial charge >= 0.3 is 0 Å². The molecule has 9 N–H and O–H groups in total. The van der Waals surface area contributed by atoms with E-state index in [2.05, 4.69) is 31.3 Å². The second-order valence-corrected chi connectivity index (χ2v) is 27.5. The lowest BCUT2D eigenvalue weighted by Crippen LogP contribution is -2.65. The summed E-state index contributed by atoms with van der Waals surface area (Å²) in [6.07, 6.45) is 61.1. The van der Waals surface area contributed by atoms with Gasteiger partial charge in [-0.2, -0.15) is 0 Å². The zero-order valence-electron chi connectivity index (χ0n) is 58.2. The number of nitrogens with one attached hydrogen (secondary N) is 1. The molecule has 2 heterocycles. The maximum atomic E-state index is 13.4. The Bertz CT molecular complexity index is 1600. The molecule has 0 aromatic carbocycles. The predicted molar refractivity (Wildman–Crippen MR) is 369 cm³/mol. The fourth-order valence-corrected chi connectivity index (χ4v) is 13.0. The third kappa shape index (κ3) is 44.3. The van der Waals surface area contributed by atoms with Gasteiger partial charge in [-0.05, 0) is 44.9 Å². The lowest BCUT2D eigenvalue weighted by molar-refractivity contribution is -0.359. The lowest BCUT2D eigenvalue weighted by Gasteiger charge is -2.46. The molecule has 2 aliphatic heterocycles. The number of carbonyl (C=O) groups is 1. The zero-order valence-corrected chi connectivity index (χ0v) is 58.2. The van der Waals surface area contributed by atoms with E-state index >= 15 is 0 Å². The minimum absolute atomic E-state index is 0.234. The van der Waals surface area contributed by atoms with Crippen LogP contribution in [0.2, 0.25) is 0 Å². The molecule has 532 valence electrons. The van der Waals surface area contributed by atoms with E-state index in [4.69, 9.17) is 18.9 Å². The number of hydrogen-bond acceptors (Lipinski definition) is 13. The fourth-order valence-electron chi connectivity index (χ4n) is 13.0. The highest BCUT2D eigenvalue weighted by atomic mass is 16.7. The number of aliphatic hydroxyl groups is 8. The minimum atomic E-state index is -1.79. The van der Waals surface area contributed by atoms with Crippen molar-refractivity contribution in [2.45, 2.75) is 434 Å². The summed E-state index contributed by atoms with van der Waals surface area (Å²) in [5.41, 5.74) is 0. The topological polar surface area (TPSA) is 228 Å². The molecule has 2 aliphatic rings. The standard InChI is InChI=1S/C76H145NO13/c1-3-5-7-9-11-13-15-17-19-21-23-25-27-28-29-30-31-32-33-34-35-36-38-39-41-43-45-47-49-51-53-55-57-59-65(80)64(63-87-75-73(86)71(84)74(67(62-79)89-75)90-76-72(85)70(83)69(82)66(61-78)88-76)77-68(81)60-58-56-54-52-50-48-46-44-42-40-37-26-24-22-20-18-16-14-12-10-8-6-4-2/h22,24,57,59,64-67,69-76,78-80,82-86H,3-21,23,25-56,58,60-63H2,1-2H3,(H,77,81)/b24-22-,59-57+. The van der Waals surface area contributed by atoms with Crippen LogP contribution >= 0.6 is 0 Å². The summed E-state index contributed by atoms with van der Waals surface area (Å²) in [7, 11) is 0. The van der Waals surface area contributed by atoms with Crippen LogP contribution in [0, 0.1) is 0 Å². The summed E-state index contributed by atoms with van der Waals surface area (Å²) in [5.74, 6) is -0.234. The smallest absolute Gasteiger partial charge is 0.220 e. The van der Waals surface area contributed by atoms with Gasteiger partial charge in [0, 0.05) is 6.42 Å². The van der Waals surface area contributed by atoms with Crippen molar-refractivity contribution in [2.75, 3.05) is 19.8 Å². The molecule has 0 aliphatic carbocycles. The molecule has 0 spiro atoms. The van der Waals surface area contributed by atoms with Gasteiger partial charge in [0.25, 0.3) is 0 Å². The van der Waals surface area contributed by atoms with Crippen molar-refractivity contribution in [3.63, 3.8) is 0 Å². The van der Waals surface area contributed by atoms with Gasteiger partial charge in [-0.25, -0.2) is 0 Å². The van der Waals surface area contributed by atoms with Gasteiger partial charge in [0.2, 0.25) is 5.91 Å². The van der Waals surface area contributed by atoms with Gasteiger partial charge in [-0.15, -0.1) is 0 Å². The van der Waals surface area contributed by atoms with Crippen LogP contribution in [0.4, 0.5) is 0 Å². The molecule has 90 heavy (non-hydrogen) atoms. The van der Waals surface area contributed by atoms with Gasteiger partial charge in [0.05, 0.1) is 32.0 Å². The highest BCUT2D eigenvalue weighted by Crippen LogP contribution is 2.30. The van der Waals surface area contributed by atoms with Crippen molar-refractivity contribution in [2.24, 2.45) is 0 Å².